The number of nitrogens with zero attached hydrogens (tertiary/aromatic N) is 4. The molecule has 1 aliphatic heterocycles. The molecular weight excluding hydrogens is 555 g/mol. The third kappa shape index (κ3) is 6.36. The van der Waals surface area contributed by atoms with Gasteiger partial charge in [-0.2, -0.15) is 0 Å². The number of Topliss-reactive ketones (excluding diaryl/α,β-unsaturated/α-hetero) is 1. The van der Waals surface area contributed by atoms with Crippen LogP contribution in [0.4, 0.5) is 4.39 Å². The Kier molecular flexibility index (Phi) is 8.98. The molecule has 10 heteroatoms. The molecule has 0 spiro atoms. The molecule has 1 saturated heterocycles. The van der Waals surface area contributed by atoms with Gasteiger partial charge < -0.3 is 5.11 Å². The predicted octanol–water partition coefficient (Wildman–Crippen LogP) is 3.02. The lowest BCUT2D eigenvalue weighted by Gasteiger charge is -2.37. The molecule has 8 nitrogen and oxygen atoms in total. The number of carbonyl (C=O) groups excluding carboxylic acids is 1. The number of ketones is 1. The third-order valence-corrected chi connectivity index (χ3v) is 9.46. The molecule has 0 saturated carbocycles. The molecule has 0 bridgehead atoms. The Bertz CT molecular complexity index is 1630. The maximum absolute atomic E-state index is 15.0. The van der Waals surface area contributed by atoms with Crippen molar-refractivity contribution >= 4 is 21.2 Å². The van der Waals surface area contributed by atoms with Gasteiger partial charge in [0, 0.05) is 63.6 Å². The van der Waals surface area contributed by atoms with Gasteiger partial charge in [0.1, 0.15) is 16.5 Å². The first-order chi connectivity index (χ1) is 20.1. The van der Waals surface area contributed by atoms with Gasteiger partial charge >= 0.3 is 0 Å². The highest BCUT2D eigenvalue weighted by Crippen LogP contribution is 2.35. The number of aryl methyl sites for hydroxylation is 1. The number of aliphatic hydroxyl groups excluding tert-OH is 1. The fourth-order valence-corrected chi connectivity index (χ4v) is 6.65. The first-order valence-corrected chi connectivity index (χ1v) is 16.2. The first-order valence-electron chi connectivity index (χ1n) is 14.3. The van der Waals surface area contributed by atoms with E-state index in [2.05, 4.69) is 20.9 Å². The van der Waals surface area contributed by atoms with Crippen LogP contribution in [-0.2, 0) is 33.9 Å². The Morgan fingerprint density at radius 2 is 1.81 bits per heavy atom. The number of β-amino-alcohol motifs (C(OH)–C–C–N with tert-alkyl or cyclic N) is 1. The van der Waals surface area contributed by atoms with Crippen LogP contribution in [0.5, 0.6) is 0 Å². The van der Waals surface area contributed by atoms with E-state index in [-0.39, 0.29) is 35.3 Å². The molecule has 2 aliphatic rings. The third-order valence-electron chi connectivity index (χ3n) is 8.34. The molecule has 1 aromatic heterocycles. The van der Waals surface area contributed by atoms with Crippen molar-refractivity contribution in [2.24, 2.45) is 0 Å². The van der Waals surface area contributed by atoms with Crippen molar-refractivity contribution in [1.29, 1.82) is 0 Å². The van der Waals surface area contributed by atoms with Crippen molar-refractivity contribution in [3.63, 3.8) is 0 Å². The monoisotopic (exact) mass is 592 g/mol. The largest absolute Gasteiger partial charge is 0.395 e. The average Bonchev–Trinajstić information content (AvgIpc) is 3.40. The zero-order chi connectivity index (χ0) is 30.0. The summed E-state index contributed by atoms with van der Waals surface area (Å²) in [6, 6.07) is 10.2. The van der Waals surface area contributed by atoms with Crippen LogP contribution in [0.15, 0.2) is 53.6 Å². The molecule has 0 amide bonds. The van der Waals surface area contributed by atoms with Crippen LogP contribution in [0.1, 0.15) is 46.3 Å². The lowest BCUT2D eigenvalue weighted by atomic mass is 9.93. The summed E-state index contributed by atoms with van der Waals surface area (Å²) in [6.07, 6.45) is 5.92. The van der Waals surface area contributed by atoms with Crippen molar-refractivity contribution in [2.75, 3.05) is 45.6 Å². The van der Waals surface area contributed by atoms with Crippen molar-refractivity contribution in [3.05, 3.63) is 93.8 Å². The van der Waals surface area contributed by atoms with E-state index in [4.69, 9.17) is 4.98 Å². The topological polar surface area (TPSA) is 104 Å². The maximum Gasteiger partial charge on any atom is 0.178 e. The highest BCUT2D eigenvalue weighted by molar-refractivity contribution is 7.90. The van der Waals surface area contributed by atoms with E-state index in [0.29, 0.717) is 25.2 Å². The van der Waals surface area contributed by atoms with Gasteiger partial charge in [0.15, 0.2) is 15.6 Å². The Balaban J connectivity index is 1.34. The molecule has 222 valence electrons. The van der Waals surface area contributed by atoms with E-state index in [9.17, 15) is 18.3 Å². The summed E-state index contributed by atoms with van der Waals surface area (Å²) in [7, 11) is -3.70. The molecule has 5 rings (SSSR count). The fourth-order valence-electron chi connectivity index (χ4n) is 5.87. The fraction of sp³-hybridized carbons (Fsp3) is 0.406. The second-order valence-electron chi connectivity index (χ2n) is 11.2. The Morgan fingerprint density at radius 1 is 1.10 bits per heavy atom. The summed E-state index contributed by atoms with van der Waals surface area (Å²) in [5, 5.41) is 9.19. The molecule has 1 atom stereocenters. The minimum atomic E-state index is -3.70. The number of fused-ring (bicyclic) bond motifs is 1. The van der Waals surface area contributed by atoms with Gasteiger partial charge in [0.05, 0.1) is 18.3 Å². The van der Waals surface area contributed by atoms with Crippen LogP contribution in [0.3, 0.4) is 0 Å². The summed E-state index contributed by atoms with van der Waals surface area (Å²) in [6.45, 7) is 8.05. The Morgan fingerprint density at radius 3 is 2.52 bits per heavy atom. The molecule has 0 unspecified atom stereocenters. The van der Waals surface area contributed by atoms with Gasteiger partial charge in [-0.05, 0) is 54.2 Å². The number of allylic oxidation sites excluding steroid dienone is 1. The van der Waals surface area contributed by atoms with E-state index in [0.717, 1.165) is 66.0 Å². The number of hydrogen-bond acceptors (Lipinski definition) is 8. The van der Waals surface area contributed by atoms with Crippen molar-refractivity contribution < 1.29 is 22.7 Å². The normalized spacial score (nSPS) is 16.7. The number of aromatic nitrogens is 2. The average molecular weight is 593 g/mol. The first kappa shape index (κ1) is 30.2. The quantitative estimate of drug-likeness (QED) is 0.383. The van der Waals surface area contributed by atoms with E-state index >= 15 is 4.39 Å². The number of sulfone groups is 1. The second kappa shape index (κ2) is 12.5. The maximum atomic E-state index is 15.0. The van der Waals surface area contributed by atoms with Crippen LogP contribution in [0, 0.1) is 12.7 Å². The van der Waals surface area contributed by atoms with E-state index in [1.54, 1.807) is 12.3 Å². The Labute approximate surface area is 246 Å². The molecule has 1 aliphatic carbocycles. The van der Waals surface area contributed by atoms with E-state index < -0.39 is 15.7 Å². The number of piperazine rings is 1. The smallest absolute Gasteiger partial charge is 0.178 e. The van der Waals surface area contributed by atoms with Crippen molar-refractivity contribution in [2.45, 2.75) is 44.0 Å². The number of aliphatic hydroxyl groups is 1. The number of rotatable bonds is 10. The van der Waals surface area contributed by atoms with Crippen LogP contribution in [0.25, 0.3) is 5.57 Å². The van der Waals surface area contributed by atoms with Crippen LogP contribution < -0.4 is 0 Å². The van der Waals surface area contributed by atoms with Gasteiger partial charge in [-0.3, -0.25) is 14.6 Å². The molecule has 1 N–H and O–H groups in total. The van der Waals surface area contributed by atoms with Gasteiger partial charge in [0.25, 0.3) is 0 Å². The summed E-state index contributed by atoms with van der Waals surface area (Å²) in [4.78, 5) is 26.7. The second-order valence-corrected chi connectivity index (χ2v) is 13.2. The molecular formula is C32H37FN4O4S. The zero-order valence-corrected chi connectivity index (χ0v) is 25.1. The number of hydrogen-bond donors (Lipinski definition) is 1. The predicted molar refractivity (Wildman–Crippen MR) is 160 cm³/mol. The summed E-state index contributed by atoms with van der Waals surface area (Å²) < 4.78 is 39.0. The highest BCUT2D eigenvalue weighted by atomic mass is 32.2. The van der Waals surface area contributed by atoms with Crippen molar-refractivity contribution in [1.82, 2.24) is 19.8 Å². The number of halogens is 1. The highest BCUT2D eigenvalue weighted by Gasteiger charge is 2.28. The van der Waals surface area contributed by atoms with Gasteiger partial charge in [-0.25, -0.2) is 22.8 Å². The zero-order valence-electron chi connectivity index (χ0n) is 24.3. The number of benzene rings is 2. The van der Waals surface area contributed by atoms with Crippen molar-refractivity contribution in [3.8, 4) is 0 Å². The van der Waals surface area contributed by atoms with E-state index in [1.807, 2.05) is 32.0 Å². The summed E-state index contributed by atoms with van der Waals surface area (Å²) >= 11 is 0. The lowest BCUT2D eigenvalue weighted by Crippen LogP contribution is -2.52. The minimum absolute atomic E-state index is 0.0588. The molecule has 2 heterocycles. The van der Waals surface area contributed by atoms with Crippen LogP contribution in [0.2, 0.25) is 0 Å². The van der Waals surface area contributed by atoms with E-state index in [1.165, 1.54) is 12.1 Å². The van der Waals surface area contributed by atoms with Gasteiger partial charge in [-0.1, -0.05) is 36.4 Å². The summed E-state index contributed by atoms with van der Waals surface area (Å²) in [5.41, 5.74) is 5.96. The summed E-state index contributed by atoms with van der Waals surface area (Å²) in [5.74, 6) is -0.188. The molecule has 42 heavy (non-hydrogen) atoms. The minimum Gasteiger partial charge on any atom is -0.395 e. The van der Waals surface area contributed by atoms with Crippen LogP contribution >= 0.6 is 0 Å². The Hall–Kier alpha value is -3.31. The molecule has 1 fully saturated rings. The molecule has 0 radical (unpaired) electrons. The lowest BCUT2D eigenvalue weighted by molar-refractivity contribution is -0.123. The molecule has 2 aromatic carbocycles. The van der Waals surface area contributed by atoms with Gasteiger partial charge in [-0.15, -0.1) is 0 Å². The van der Waals surface area contributed by atoms with Crippen LogP contribution in [-0.4, -0.2) is 90.7 Å². The standard InChI is InChI=1S/C32H37FN4O4S/c1-21-20-34-30(19-24-7-5-9-29(31(24)33)42(3,40)41)35-32(21)27-11-10-25-23(6-4-8-26(25)27)18-28(39)22(2)37-14-12-36(13-15-37)16-17-38/h4-9,11,20,22,38H,10,12-19H2,1-3H3/t22-/m1/s1. The molecule has 3 aromatic rings. The number of carbonyl (C=O) groups is 1. The SMILES string of the molecule is Cc1cnc(Cc2cccc(S(C)(=O)=O)c2F)nc1C1=CCc2c(CC(=O)[C@@H](C)N3CCN(CCO)CC3)cccc21. The van der Waals surface area contributed by atoms with Gasteiger partial charge in [0.2, 0.25) is 0 Å².